The van der Waals surface area contributed by atoms with E-state index in [1.54, 1.807) is 6.07 Å². The number of ether oxygens (including phenoxy) is 1. The van der Waals surface area contributed by atoms with E-state index in [-0.39, 0.29) is 24.0 Å². The molecule has 0 amide bonds. The van der Waals surface area contributed by atoms with E-state index in [1.165, 1.54) is 12.1 Å². The van der Waals surface area contributed by atoms with Gasteiger partial charge in [0.25, 0.3) is 0 Å². The van der Waals surface area contributed by atoms with Gasteiger partial charge in [0.15, 0.2) is 11.6 Å². The Kier molecular flexibility index (Phi) is 6.56. The Balaban J connectivity index is 2.65. The summed E-state index contributed by atoms with van der Waals surface area (Å²) in [5.41, 5.74) is 0. The van der Waals surface area contributed by atoms with Crippen LogP contribution in [-0.2, 0) is 9.05 Å². The lowest BCUT2D eigenvalue weighted by molar-refractivity contribution is 0.243. The molecule has 0 radical (unpaired) electrons. The summed E-state index contributed by atoms with van der Waals surface area (Å²) in [6.45, 7) is 2.06. The number of benzene rings is 1. The van der Waals surface area contributed by atoms with Crippen LogP contribution in [0.4, 0.5) is 4.39 Å². The molecule has 0 fully saturated rings. The molecule has 1 aromatic rings. The standard InChI is InChI=1S/C12H15BrClFO3S/c1-2-3-9(8-19(14,16)17)7-18-12-5-4-10(13)6-11(12)15/h4-6,9H,2-3,7-8H2,1H3. The van der Waals surface area contributed by atoms with Gasteiger partial charge in [0.2, 0.25) is 9.05 Å². The Morgan fingerprint density at radius 2 is 2.16 bits per heavy atom. The quantitative estimate of drug-likeness (QED) is 0.680. The van der Waals surface area contributed by atoms with Gasteiger partial charge in [-0.15, -0.1) is 0 Å². The predicted molar refractivity (Wildman–Crippen MR) is 77.6 cm³/mol. The summed E-state index contributed by atoms with van der Waals surface area (Å²) in [5.74, 6) is -0.786. The van der Waals surface area contributed by atoms with Gasteiger partial charge in [-0.3, -0.25) is 0 Å². The van der Waals surface area contributed by atoms with Gasteiger partial charge in [0.05, 0.1) is 12.4 Å². The van der Waals surface area contributed by atoms with Crippen molar-refractivity contribution in [2.75, 3.05) is 12.4 Å². The summed E-state index contributed by atoms with van der Waals surface area (Å²) in [4.78, 5) is 0. The van der Waals surface area contributed by atoms with E-state index in [0.717, 1.165) is 6.42 Å². The first kappa shape index (κ1) is 16.7. The average Bonchev–Trinajstić information content (AvgIpc) is 2.26. The molecule has 1 rings (SSSR count). The molecule has 0 saturated heterocycles. The van der Waals surface area contributed by atoms with E-state index in [4.69, 9.17) is 15.4 Å². The minimum absolute atomic E-state index is 0.108. The Labute approximate surface area is 125 Å². The Hall–Kier alpha value is -0.330. The summed E-state index contributed by atoms with van der Waals surface area (Å²) < 4.78 is 41.6. The molecule has 1 atom stereocenters. The van der Waals surface area contributed by atoms with Crippen molar-refractivity contribution in [2.24, 2.45) is 5.92 Å². The molecule has 0 N–H and O–H groups in total. The summed E-state index contributed by atoms with van der Waals surface area (Å²) in [6.07, 6.45) is 1.47. The molecule has 19 heavy (non-hydrogen) atoms. The fourth-order valence-corrected chi connectivity index (χ4v) is 3.40. The average molecular weight is 374 g/mol. The maximum absolute atomic E-state index is 13.5. The van der Waals surface area contributed by atoms with Crippen LogP contribution in [0.25, 0.3) is 0 Å². The van der Waals surface area contributed by atoms with Crippen LogP contribution >= 0.6 is 26.6 Å². The number of hydrogen-bond acceptors (Lipinski definition) is 3. The molecule has 3 nitrogen and oxygen atoms in total. The highest BCUT2D eigenvalue weighted by Crippen LogP contribution is 2.23. The first-order valence-corrected chi connectivity index (χ1v) is 9.09. The second-order valence-corrected chi connectivity index (χ2v) is 7.98. The summed E-state index contributed by atoms with van der Waals surface area (Å²) in [5, 5.41) is 0. The van der Waals surface area contributed by atoms with Crippen molar-refractivity contribution in [2.45, 2.75) is 19.8 Å². The molecule has 7 heteroatoms. The van der Waals surface area contributed by atoms with Crippen LogP contribution in [0.5, 0.6) is 5.75 Å². The SMILES string of the molecule is CCCC(COc1ccc(Br)cc1F)CS(=O)(=O)Cl. The van der Waals surface area contributed by atoms with E-state index in [1.807, 2.05) is 6.92 Å². The van der Waals surface area contributed by atoms with Crippen LogP contribution < -0.4 is 4.74 Å². The number of hydrogen-bond donors (Lipinski definition) is 0. The maximum atomic E-state index is 13.5. The lowest BCUT2D eigenvalue weighted by Crippen LogP contribution is -2.20. The van der Waals surface area contributed by atoms with Crippen molar-refractivity contribution in [3.05, 3.63) is 28.5 Å². The Morgan fingerprint density at radius 1 is 1.47 bits per heavy atom. The molecule has 108 valence electrons. The van der Waals surface area contributed by atoms with Crippen molar-refractivity contribution in [3.63, 3.8) is 0 Å². The van der Waals surface area contributed by atoms with Gasteiger partial charge in [-0.1, -0.05) is 29.3 Å². The van der Waals surface area contributed by atoms with Crippen LogP contribution in [0.15, 0.2) is 22.7 Å². The molecule has 0 aliphatic carbocycles. The summed E-state index contributed by atoms with van der Waals surface area (Å²) in [6, 6.07) is 4.45. The first-order chi connectivity index (χ1) is 8.81. The molecule has 0 aliphatic heterocycles. The van der Waals surface area contributed by atoms with Crippen molar-refractivity contribution >= 4 is 35.7 Å². The first-order valence-electron chi connectivity index (χ1n) is 5.82. The maximum Gasteiger partial charge on any atom is 0.232 e. The van der Waals surface area contributed by atoms with Gasteiger partial charge in [0, 0.05) is 21.1 Å². The molecule has 0 saturated carbocycles. The van der Waals surface area contributed by atoms with E-state index >= 15 is 0 Å². The Bertz CT molecular complexity index is 522. The third-order valence-electron chi connectivity index (χ3n) is 2.50. The van der Waals surface area contributed by atoms with Gasteiger partial charge in [-0.25, -0.2) is 12.8 Å². The van der Waals surface area contributed by atoms with E-state index in [2.05, 4.69) is 15.9 Å². The minimum Gasteiger partial charge on any atom is -0.490 e. The highest BCUT2D eigenvalue weighted by atomic mass is 79.9. The molecular weight excluding hydrogens is 359 g/mol. The van der Waals surface area contributed by atoms with Crippen LogP contribution in [0.3, 0.4) is 0 Å². The van der Waals surface area contributed by atoms with Crippen molar-refractivity contribution in [3.8, 4) is 5.75 Å². The van der Waals surface area contributed by atoms with E-state index in [9.17, 15) is 12.8 Å². The third kappa shape index (κ3) is 6.58. The molecule has 0 aliphatic rings. The molecular formula is C12H15BrClFO3S. The van der Waals surface area contributed by atoms with Gasteiger partial charge < -0.3 is 4.74 Å². The fraction of sp³-hybridized carbons (Fsp3) is 0.500. The van der Waals surface area contributed by atoms with Gasteiger partial charge in [-0.05, 0) is 24.6 Å². The highest BCUT2D eigenvalue weighted by Gasteiger charge is 2.18. The summed E-state index contributed by atoms with van der Waals surface area (Å²) in [7, 11) is 1.66. The summed E-state index contributed by atoms with van der Waals surface area (Å²) >= 11 is 3.15. The van der Waals surface area contributed by atoms with Crippen molar-refractivity contribution in [1.82, 2.24) is 0 Å². The third-order valence-corrected chi connectivity index (χ3v) is 4.24. The van der Waals surface area contributed by atoms with Crippen molar-refractivity contribution < 1.29 is 17.5 Å². The number of halogens is 3. The van der Waals surface area contributed by atoms with Gasteiger partial charge in [-0.2, -0.15) is 0 Å². The van der Waals surface area contributed by atoms with Crippen LogP contribution in [0.1, 0.15) is 19.8 Å². The predicted octanol–water partition coefficient (Wildman–Crippen LogP) is 3.95. The lowest BCUT2D eigenvalue weighted by atomic mass is 10.1. The van der Waals surface area contributed by atoms with Gasteiger partial charge >= 0.3 is 0 Å². The minimum atomic E-state index is -3.58. The zero-order valence-electron chi connectivity index (χ0n) is 10.4. The van der Waals surface area contributed by atoms with E-state index < -0.39 is 14.9 Å². The molecule has 0 spiro atoms. The lowest BCUT2D eigenvalue weighted by Gasteiger charge is -2.15. The molecule has 0 aromatic heterocycles. The highest BCUT2D eigenvalue weighted by molar-refractivity contribution is 9.10. The zero-order chi connectivity index (χ0) is 14.5. The normalized spacial score (nSPS) is 13.3. The van der Waals surface area contributed by atoms with Gasteiger partial charge in [0.1, 0.15) is 0 Å². The van der Waals surface area contributed by atoms with Crippen LogP contribution in [0, 0.1) is 11.7 Å². The molecule has 1 unspecified atom stereocenters. The largest absolute Gasteiger partial charge is 0.490 e. The van der Waals surface area contributed by atoms with Crippen LogP contribution in [0.2, 0.25) is 0 Å². The smallest absolute Gasteiger partial charge is 0.232 e. The topological polar surface area (TPSA) is 43.4 Å². The number of rotatable bonds is 7. The molecule has 1 aromatic carbocycles. The second kappa shape index (κ2) is 7.45. The fourth-order valence-electron chi connectivity index (χ4n) is 1.70. The van der Waals surface area contributed by atoms with Crippen molar-refractivity contribution in [1.29, 1.82) is 0 Å². The van der Waals surface area contributed by atoms with E-state index in [0.29, 0.717) is 10.9 Å². The molecule has 0 heterocycles. The zero-order valence-corrected chi connectivity index (χ0v) is 13.6. The molecule has 0 bridgehead atoms. The Morgan fingerprint density at radius 3 is 2.68 bits per heavy atom. The monoisotopic (exact) mass is 372 g/mol. The van der Waals surface area contributed by atoms with Crippen LogP contribution in [-0.4, -0.2) is 20.8 Å². The second-order valence-electron chi connectivity index (χ2n) is 4.25.